The zero-order valence-electron chi connectivity index (χ0n) is 23.3. The second-order valence-electron chi connectivity index (χ2n) is 10.6. The van der Waals surface area contributed by atoms with E-state index in [0.29, 0.717) is 0 Å². The molecule has 0 atom stereocenters. The van der Waals surface area contributed by atoms with Crippen molar-refractivity contribution in [2.45, 2.75) is 0 Å². The highest BCUT2D eigenvalue weighted by Gasteiger charge is 2.19. The monoisotopic (exact) mass is 566 g/mol. The molecule has 2 heterocycles. The number of nitrogens with zero attached hydrogens (tertiary/aromatic N) is 2. The van der Waals surface area contributed by atoms with Crippen molar-refractivity contribution in [2.75, 3.05) is 0 Å². The number of aromatic nitrogens is 2. The molecule has 8 aromatic rings. The summed E-state index contributed by atoms with van der Waals surface area (Å²) in [6.07, 6.45) is 0. The van der Waals surface area contributed by atoms with Crippen LogP contribution in [0, 0.1) is 0 Å². The van der Waals surface area contributed by atoms with E-state index in [9.17, 15) is 0 Å². The molecule has 202 valence electrons. The third-order valence-corrected chi connectivity index (χ3v) is 9.14. The van der Waals surface area contributed by atoms with E-state index in [4.69, 9.17) is 9.97 Å². The van der Waals surface area contributed by atoms with Gasteiger partial charge < -0.3 is 0 Å². The highest BCUT2D eigenvalue weighted by Crippen LogP contribution is 2.45. The minimum absolute atomic E-state index is 0.736. The summed E-state index contributed by atoms with van der Waals surface area (Å²) in [6, 6.07) is 55.4. The summed E-state index contributed by atoms with van der Waals surface area (Å²) in [7, 11) is 0. The van der Waals surface area contributed by atoms with E-state index in [-0.39, 0.29) is 0 Å². The molecule has 2 nitrogen and oxygen atoms in total. The number of hydrogen-bond acceptors (Lipinski definition) is 3. The van der Waals surface area contributed by atoms with Gasteiger partial charge >= 0.3 is 0 Å². The van der Waals surface area contributed by atoms with E-state index in [1.54, 1.807) is 0 Å². The smallest absolute Gasteiger partial charge is 0.161 e. The van der Waals surface area contributed by atoms with Gasteiger partial charge in [-0.15, -0.1) is 11.3 Å². The SMILES string of the molecule is c1ccc(-c2ccc(-c3ccc(-c4nc(-c5ccccc5)cc(-c5ccccc5)n4)c4c3sc3ccccc34)cc2)cc1. The lowest BCUT2D eigenvalue weighted by atomic mass is 9.96. The van der Waals surface area contributed by atoms with Gasteiger partial charge in [0.15, 0.2) is 5.82 Å². The number of benzene rings is 6. The fourth-order valence-electron chi connectivity index (χ4n) is 5.80. The van der Waals surface area contributed by atoms with E-state index < -0.39 is 0 Å². The van der Waals surface area contributed by atoms with Gasteiger partial charge in [0.2, 0.25) is 0 Å². The lowest BCUT2D eigenvalue weighted by molar-refractivity contribution is 1.19. The van der Waals surface area contributed by atoms with Crippen molar-refractivity contribution in [3.8, 4) is 56.2 Å². The van der Waals surface area contributed by atoms with E-state index >= 15 is 0 Å². The molecule has 0 spiro atoms. The molecule has 0 unspecified atom stereocenters. The second kappa shape index (κ2) is 10.8. The summed E-state index contributed by atoms with van der Waals surface area (Å²) in [6.45, 7) is 0. The van der Waals surface area contributed by atoms with Crippen LogP contribution in [0.5, 0.6) is 0 Å². The Kier molecular flexibility index (Phi) is 6.36. The molecule has 3 heteroatoms. The second-order valence-corrected chi connectivity index (χ2v) is 11.7. The Morgan fingerprint density at radius 1 is 0.395 bits per heavy atom. The van der Waals surface area contributed by atoms with Gasteiger partial charge in [0, 0.05) is 36.9 Å². The Balaban J connectivity index is 1.34. The normalized spacial score (nSPS) is 11.3. The molecule has 0 aliphatic rings. The molecule has 6 aromatic carbocycles. The lowest BCUT2D eigenvalue weighted by Gasteiger charge is -2.12. The molecule has 0 radical (unpaired) electrons. The summed E-state index contributed by atoms with van der Waals surface area (Å²) in [5, 5.41) is 2.43. The van der Waals surface area contributed by atoms with Crippen LogP contribution in [0.15, 0.2) is 158 Å². The van der Waals surface area contributed by atoms with E-state index in [0.717, 1.165) is 33.9 Å². The zero-order valence-corrected chi connectivity index (χ0v) is 24.1. The van der Waals surface area contributed by atoms with E-state index in [1.807, 2.05) is 23.5 Å². The summed E-state index contributed by atoms with van der Waals surface area (Å²) in [5.74, 6) is 0.736. The maximum Gasteiger partial charge on any atom is 0.161 e. The minimum Gasteiger partial charge on any atom is -0.228 e. The van der Waals surface area contributed by atoms with Crippen LogP contribution in [0.3, 0.4) is 0 Å². The number of fused-ring (bicyclic) bond motifs is 3. The summed E-state index contributed by atoms with van der Waals surface area (Å²) >= 11 is 1.84. The Morgan fingerprint density at radius 3 is 1.51 bits per heavy atom. The van der Waals surface area contributed by atoms with Crippen LogP contribution in [0.25, 0.3) is 76.3 Å². The Labute approximate surface area is 254 Å². The van der Waals surface area contributed by atoms with Crippen LogP contribution in [-0.2, 0) is 0 Å². The van der Waals surface area contributed by atoms with Crippen molar-refractivity contribution in [3.05, 3.63) is 158 Å². The summed E-state index contributed by atoms with van der Waals surface area (Å²) in [5.41, 5.74) is 9.89. The Hall–Kier alpha value is -5.38. The van der Waals surface area contributed by atoms with Crippen molar-refractivity contribution in [1.82, 2.24) is 9.97 Å². The molecular weight excluding hydrogens is 541 g/mol. The van der Waals surface area contributed by atoms with Crippen LogP contribution in [-0.4, -0.2) is 9.97 Å². The summed E-state index contributed by atoms with van der Waals surface area (Å²) < 4.78 is 2.51. The van der Waals surface area contributed by atoms with Crippen LogP contribution < -0.4 is 0 Å². The molecule has 0 N–H and O–H groups in total. The molecule has 0 saturated heterocycles. The quantitative estimate of drug-likeness (QED) is 0.207. The number of hydrogen-bond donors (Lipinski definition) is 0. The van der Waals surface area contributed by atoms with E-state index in [1.165, 1.54) is 42.4 Å². The predicted octanol–water partition coefficient (Wildman–Crippen LogP) is 11.2. The minimum atomic E-state index is 0.736. The van der Waals surface area contributed by atoms with Crippen molar-refractivity contribution < 1.29 is 0 Å². The Morgan fingerprint density at radius 2 is 0.884 bits per heavy atom. The first-order valence-corrected chi connectivity index (χ1v) is 15.2. The van der Waals surface area contributed by atoms with Crippen LogP contribution in [0.1, 0.15) is 0 Å². The molecule has 0 aliphatic carbocycles. The molecule has 0 amide bonds. The lowest BCUT2D eigenvalue weighted by Crippen LogP contribution is -1.96. The van der Waals surface area contributed by atoms with Crippen LogP contribution >= 0.6 is 11.3 Å². The maximum absolute atomic E-state index is 5.18. The first-order valence-electron chi connectivity index (χ1n) is 14.4. The van der Waals surface area contributed by atoms with Crippen molar-refractivity contribution >= 4 is 31.5 Å². The first-order chi connectivity index (χ1) is 21.3. The molecule has 8 rings (SSSR count). The van der Waals surface area contributed by atoms with Gasteiger partial charge in [-0.25, -0.2) is 9.97 Å². The standard InChI is InChI=1S/C40H26N2S/c1-4-12-27(13-5-1)28-20-22-29(23-21-28)32-24-25-34(38-33-18-10-11-19-37(33)43-39(32)38)40-41-35(30-14-6-2-7-15-30)26-36(42-40)31-16-8-3-9-17-31/h1-26H. The fourth-order valence-corrected chi connectivity index (χ4v) is 7.06. The topological polar surface area (TPSA) is 25.8 Å². The summed E-state index contributed by atoms with van der Waals surface area (Å²) in [4.78, 5) is 10.4. The van der Waals surface area contributed by atoms with Crippen LogP contribution in [0.4, 0.5) is 0 Å². The van der Waals surface area contributed by atoms with Crippen molar-refractivity contribution in [3.63, 3.8) is 0 Å². The third kappa shape index (κ3) is 4.70. The molecule has 0 fully saturated rings. The van der Waals surface area contributed by atoms with Gasteiger partial charge in [0.05, 0.1) is 11.4 Å². The molecular formula is C40H26N2S. The predicted molar refractivity (Wildman–Crippen MR) is 182 cm³/mol. The van der Waals surface area contributed by atoms with Gasteiger partial charge in [-0.3, -0.25) is 0 Å². The fraction of sp³-hybridized carbons (Fsp3) is 0. The molecule has 0 saturated carbocycles. The maximum atomic E-state index is 5.18. The zero-order chi connectivity index (χ0) is 28.6. The highest BCUT2D eigenvalue weighted by atomic mass is 32.1. The third-order valence-electron chi connectivity index (χ3n) is 7.94. The van der Waals surface area contributed by atoms with Gasteiger partial charge in [-0.1, -0.05) is 140 Å². The van der Waals surface area contributed by atoms with Crippen LogP contribution in [0.2, 0.25) is 0 Å². The first kappa shape index (κ1) is 25.3. The van der Waals surface area contributed by atoms with Gasteiger partial charge in [-0.2, -0.15) is 0 Å². The van der Waals surface area contributed by atoms with E-state index in [2.05, 4.69) is 146 Å². The number of thiophene rings is 1. The molecule has 43 heavy (non-hydrogen) atoms. The molecule has 0 bridgehead atoms. The number of rotatable bonds is 5. The largest absolute Gasteiger partial charge is 0.228 e. The van der Waals surface area contributed by atoms with Gasteiger partial charge in [-0.05, 0) is 40.5 Å². The molecule has 0 aliphatic heterocycles. The Bertz CT molecular complexity index is 2140. The van der Waals surface area contributed by atoms with Gasteiger partial charge in [0.25, 0.3) is 0 Å². The van der Waals surface area contributed by atoms with Gasteiger partial charge in [0.1, 0.15) is 0 Å². The van der Waals surface area contributed by atoms with Crippen molar-refractivity contribution in [2.24, 2.45) is 0 Å². The average molecular weight is 567 g/mol. The van der Waals surface area contributed by atoms with Crippen molar-refractivity contribution in [1.29, 1.82) is 0 Å². The highest BCUT2D eigenvalue weighted by molar-refractivity contribution is 7.26. The average Bonchev–Trinajstić information content (AvgIpc) is 3.49. The molecule has 2 aromatic heterocycles.